The number of ether oxygens (including phenoxy) is 3. The summed E-state index contributed by atoms with van der Waals surface area (Å²) in [6, 6.07) is 19.8. The molecule has 1 saturated heterocycles. The van der Waals surface area contributed by atoms with Gasteiger partial charge >= 0.3 is 5.97 Å². The van der Waals surface area contributed by atoms with E-state index < -0.39 is 24.4 Å². The van der Waals surface area contributed by atoms with Gasteiger partial charge in [0.1, 0.15) is 17.2 Å². The summed E-state index contributed by atoms with van der Waals surface area (Å²) in [7, 11) is 1.55. The van der Waals surface area contributed by atoms with Crippen molar-refractivity contribution in [3.63, 3.8) is 0 Å². The van der Waals surface area contributed by atoms with E-state index in [-0.39, 0.29) is 18.9 Å². The molecular weight excluding hydrogens is 460 g/mol. The van der Waals surface area contributed by atoms with Crippen LogP contribution in [-0.4, -0.2) is 38.0 Å². The second kappa shape index (κ2) is 10.9. The Hall–Kier alpha value is -4.33. The molecule has 0 bridgehead atoms. The molecule has 0 unspecified atom stereocenters. The maximum atomic E-state index is 12.6. The first-order valence-corrected chi connectivity index (χ1v) is 11.6. The van der Waals surface area contributed by atoms with E-state index in [0.29, 0.717) is 22.9 Å². The van der Waals surface area contributed by atoms with Crippen LogP contribution < -0.4 is 19.7 Å². The predicted octanol–water partition coefficient (Wildman–Crippen LogP) is 4.64. The number of aryl methyl sites for hydroxylation is 2. The molecule has 2 amide bonds. The number of nitrogens with one attached hydrogen (secondary N) is 1. The molecule has 8 nitrogen and oxygen atoms in total. The molecule has 0 aliphatic carbocycles. The molecule has 1 heterocycles. The number of rotatable bonds is 8. The fraction of sp³-hybridized carbons (Fsp3) is 0.250. The van der Waals surface area contributed by atoms with Gasteiger partial charge in [0.2, 0.25) is 5.91 Å². The van der Waals surface area contributed by atoms with Gasteiger partial charge in [-0.2, -0.15) is 0 Å². The van der Waals surface area contributed by atoms with Crippen molar-refractivity contribution >= 4 is 29.2 Å². The van der Waals surface area contributed by atoms with Gasteiger partial charge in [0.05, 0.1) is 13.0 Å². The van der Waals surface area contributed by atoms with Gasteiger partial charge in [0.15, 0.2) is 6.61 Å². The van der Waals surface area contributed by atoms with Crippen LogP contribution in [0.5, 0.6) is 17.2 Å². The Balaban J connectivity index is 1.28. The molecule has 186 valence electrons. The molecule has 1 aliphatic rings. The maximum absolute atomic E-state index is 12.6. The van der Waals surface area contributed by atoms with Crippen LogP contribution in [0.4, 0.5) is 11.4 Å². The van der Waals surface area contributed by atoms with Crippen molar-refractivity contribution in [2.75, 3.05) is 30.5 Å². The number of esters is 1. The second-order valence-corrected chi connectivity index (χ2v) is 8.63. The molecule has 0 aromatic heterocycles. The summed E-state index contributed by atoms with van der Waals surface area (Å²) in [6.45, 7) is 3.83. The zero-order chi connectivity index (χ0) is 25.7. The molecule has 0 saturated carbocycles. The normalized spacial score (nSPS) is 14.9. The Kier molecular flexibility index (Phi) is 7.53. The van der Waals surface area contributed by atoms with Crippen molar-refractivity contribution < 1.29 is 28.6 Å². The number of benzene rings is 3. The zero-order valence-corrected chi connectivity index (χ0v) is 20.4. The summed E-state index contributed by atoms with van der Waals surface area (Å²) in [5, 5.41) is 2.65. The van der Waals surface area contributed by atoms with Crippen LogP contribution in [0.1, 0.15) is 17.5 Å². The monoisotopic (exact) mass is 488 g/mol. The summed E-state index contributed by atoms with van der Waals surface area (Å²) in [6.07, 6.45) is 0.0276. The minimum absolute atomic E-state index is 0.0276. The fourth-order valence-corrected chi connectivity index (χ4v) is 3.85. The van der Waals surface area contributed by atoms with Gasteiger partial charge in [0.25, 0.3) is 5.91 Å². The van der Waals surface area contributed by atoms with Crippen LogP contribution in [0.25, 0.3) is 0 Å². The van der Waals surface area contributed by atoms with E-state index in [9.17, 15) is 14.4 Å². The van der Waals surface area contributed by atoms with E-state index in [1.165, 1.54) is 5.56 Å². The molecule has 8 heteroatoms. The number of amides is 2. The smallest absolute Gasteiger partial charge is 0.311 e. The molecule has 1 aliphatic heterocycles. The van der Waals surface area contributed by atoms with Crippen molar-refractivity contribution in [1.29, 1.82) is 0 Å². The number of nitrogens with zero attached hydrogens (tertiary/aromatic N) is 1. The van der Waals surface area contributed by atoms with E-state index in [1.54, 1.807) is 60.5 Å². The summed E-state index contributed by atoms with van der Waals surface area (Å²) >= 11 is 0. The van der Waals surface area contributed by atoms with Crippen molar-refractivity contribution in [2.24, 2.45) is 5.92 Å². The van der Waals surface area contributed by atoms with Gasteiger partial charge in [-0.25, -0.2) is 0 Å². The Morgan fingerprint density at radius 1 is 0.917 bits per heavy atom. The van der Waals surface area contributed by atoms with Gasteiger partial charge in [-0.1, -0.05) is 6.07 Å². The Bertz CT molecular complexity index is 1250. The standard InChI is InChI=1S/C28H28N2O6/c1-18-4-9-25(14-19(18)2)36-24-12-7-22(8-13-24)30-16-20(15-27(30)32)28(33)35-17-26(31)29-21-5-10-23(34-3)11-6-21/h4-14,20H,15-17H2,1-3H3,(H,29,31)/t20-/m0/s1. The van der Waals surface area contributed by atoms with Crippen molar-refractivity contribution in [1.82, 2.24) is 0 Å². The van der Waals surface area contributed by atoms with Gasteiger partial charge in [-0.3, -0.25) is 14.4 Å². The largest absolute Gasteiger partial charge is 0.497 e. The molecule has 4 rings (SSSR count). The predicted molar refractivity (Wildman–Crippen MR) is 135 cm³/mol. The number of carbonyl (C=O) groups excluding carboxylic acids is 3. The highest BCUT2D eigenvalue weighted by atomic mass is 16.5. The molecule has 36 heavy (non-hydrogen) atoms. The highest BCUT2D eigenvalue weighted by molar-refractivity contribution is 6.00. The van der Waals surface area contributed by atoms with Crippen LogP contribution in [0.15, 0.2) is 66.7 Å². The first kappa shape index (κ1) is 24.8. The number of methoxy groups -OCH3 is 1. The number of carbonyl (C=O) groups is 3. The van der Waals surface area contributed by atoms with Crippen LogP contribution in [0, 0.1) is 19.8 Å². The number of anilines is 2. The lowest BCUT2D eigenvalue weighted by Gasteiger charge is -2.17. The highest BCUT2D eigenvalue weighted by Crippen LogP contribution is 2.29. The van der Waals surface area contributed by atoms with Crippen LogP contribution in [-0.2, 0) is 19.1 Å². The zero-order valence-electron chi connectivity index (χ0n) is 20.4. The van der Waals surface area contributed by atoms with Crippen molar-refractivity contribution in [3.05, 3.63) is 77.9 Å². The molecule has 1 fully saturated rings. The van der Waals surface area contributed by atoms with Crippen LogP contribution >= 0.6 is 0 Å². The maximum Gasteiger partial charge on any atom is 0.311 e. The summed E-state index contributed by atoms with van der Waals surface area (Å²) in [5.74, 6) is 0.188. The number of hydrogen-bond acceptors (Lipinski definition) is 6. The lowest BCUT2D eigenvalue weighted by atomic mass is 10.1. The first-order chi connectivity index (χ1) is 17.3. The summed E-state index contributed by atoms with van der Waals surface area (Å²) < 4.78 is 16.1. The lowest BCUT2D eigenvalue weighted by molar-refractivity contribution is -0.151. The van der Waals surface area contributed by atoms with E-state index in [4.69, 9.17) is 14.2 Å². The Labute approximate surface area is 209 Å². The molecule has 0 radical (unpaired) electrons. The van der Waals surface area contributed by atoms with Gasteiger partial charge in [0, 0.05) is 24.3 Å². The van der Waals surface area contributed by atoms with Crippen LogP contribution in [0.3, 0.4) is 0 Å². The topological polar surface area (TPSA) is 94.2 Å². The van der Waals surface area contributed by atoms with Gasteiger partial charge in [-0.15, -0.1) is 0 Å². The highest BCUT2D eigenvalue weighted by Gasteiger charge is 2.36. The molecule has 1 atom stereocenters. The summed E-state index contributed by atoms with van der Waals surface area (Å²) in [5.41, 5.74) is 3.56. The van der Waals surface area contributed by atoms with Gasteiger partial charge < -0.3 is 24.4 Å². The molecule has 3 aromatic rings. The third kappa shape index (κ3) is 6.02. The SMILES string of the molecule is COc1ccc(NC(=O)COC(=O)[C@H]2CC(=O)N(c3ccc(Oc4ccc(C)c(C)c4)cc3)C2)cc1. The third-order valence-electron chi connectivity index (χ3n) is 6.04. The molecular formula is C28H28N2O6. The van der Waals surface area contributed by atoms with E-state index in [1.807, 2.05) is 32.0 Å². The number of hydrogen-bond donors (Lipinski definition) is 1. The Morgan fingerprint density at radius 3 is 2.25 bits per heavy atom. The lowest BCUT2D eigenvalue weighted by Crippen LogP contribution is -2.28. The molecule has 0 spiro atoms. The van der Waals surface area contributed by atoms with E-state index in [0.717, 1.165) is 11.3 Å². The van der Waals surface area contributed by atoms with Crippen molar-refractivity contribution in [3.8, 4) is 17.2 Å². The van der Waals surface area contributed by atoms with E-state index >= 15 is 0 Å². The average molecular weight is 489 g/mol. The van der Waals surface area contributed by atoms with Crippen LogP contribution in [0.2, 0.25) is 0 Å². The second-order valence-electron chi connectivity index (χ2n) is 8.63. The average Bonchev–Trinajstić information content (AvgIpc) is 3.27. The minimum atomic E-state index is -0.641. The molecule has 1 N–H and O–H groups in total. The molecule has 3 aromatic carbocycles. The fourth-order valence-electron chi connectivity index (χ4n) is 3.85. The Morgan fingerprint density at radius 2 is 1.58 bits per heavy atom. The summed E-state index contributed by atoms with van der Waals surface area (Å²) in [4.78, 5) is 38.7. The van der Waals surface area contributed by atoms with E-state index in [2.05, 4.69) is 5.32 Å². The third-order valence-corrected chi connectivity index (χ3v) is 6.04. The minimum Gasteiger partial charge on any atom is -0.497 e. The first-order valence-electron chi connectivity index (χ1n) is 11.6. The quantitative estimate of drug-likeness (QED) is 0.465. The van der Waals surface area contributed by atoms with Crippen molar-refractivity contribution in [2.45, 2.75) is 20.3 Å². The van der Waals surface area contributed by atoms with Gasteiger partial charge in [-0.05, 0) is 85.6 Å².